The molecule has 2 heteroatoms. The number of halogens is 1. The summed E-state index contributed by atoms with van der Waals surface area (Å²) in [5, 5.41) is 0. The molecule has 0 nitrogen and oxygen atoms in total. The quantitative estimate of drug-likeness (QED) is 0.541. The van der Waals surface area contributed by atoms with Crippen molar-refractivity contribution in [2.45, 2.75) is 25.0 Å². The first-order chi connectivity index (χ1) is 3.31. The standard InChI is InChI=1S/C5H11ClS/c1-3-5(6)7-4-2/h5H,3-4H2,1-2H3. The minimum Gasteiger partial charge on any atom is -0.143 e. The van der Waals surface area contributed by atoms with Gasteiger partial charge < -0.3 is 0 Å². The number of hydrogen-bond donors (Lipinski definition) is 0. The van der Waals surface area contributed by atoms with Gasteiger partial charge in [0.2, 0.25) is 0 Å². The van der Waals surface area contributed by atoms with Gasteiger partial charge in [-0.2, -0.15) is 0 Å². The van der Waals surface area contributed by atoms with Crippen LogP contribution in [0.3, 0.4) is 0 Å². The Bertz CT molecular complexity index is 39.1. The van der Waals surface area contributed by atoms with Gasteiger partial charge in [-0.15, -0.1) is 23.4 Å². The van der Waals surface area contributed by atoms with E-state index in [1.165, 1.54) is 0 Å². The molecule has 7 heavy (non-hydrogen) atoms. The molecule has 0 fully saturated rings. The van der Waals surface area contributed by atoms with E-state index in [2.05, 4.69) is 13.8 Å². The third-order valence-electron chi connectivity index (χ3n) is 0.668. The largest absolute Gasteiger partial charge is 0.143 e. The van der Waals surface area contributed by atoms with Crippen molar-refractivity contribution in [3.63, 3.8) is 0 Å². The lowest BCUT2D eigenvalue weighted by atomic mass is 10.6. The normalized spacial score (nSPS) is 14.1. The zero-order valence-electron chi connectivity index (χ0n) is 4.78. The second-order valence-corrected chi connectivity index (χ2v) is 3.54. The van der Waals surface area contributed by atoms with E-state index in [0.717, 1.165) is 12.2 Å². The molecule has 0 aromatic heterocycles. The van der Waals surface area contributed by atoms with Gasteiger partial charge in [0.1, 0.15) is 0 Å². The first-order valence-corrected chi connectivity index (χ1v) is 4.05. The fourth-order valence-corrected chi connectivity index (χ4v) is 1.27. The topological polar surface area (TPSA) is 0 Å². The van der Waals surface area contributed by atoms with Gasteiger partial charge >= 0.3 is 0 Å². The lowest BCUT2D eigenvalue weighted by Crippen LogP contribution is -1.86. The second kappa shape index (κ2) is 4.79. The predicted molar refractivity (Wildman–Crippen MR) is 38.1 cm³/mol. The Morgan fingerprint density at radius 1 is 1.57 bits per heavy atom. The van der Waals surface area contributed by atoms with Crippen molar-refractivity contribution < 1.29 is 0 Å². The van der Waals surface area contributed by atoms with Gasteiger partial charge in [-0.25, -0.2) is 0 Å². The Morgan fingerprint density at radius 3 is 2.29 bits per heavy atom. The molecule has 0 saturated carbocycles. The number of rotatable bonds is 3. The number of alkyl halides is 1. The van der Waals surface area contributed by atoms with E-state index in [9.17, 15) is 0 Å². The average molecular weight is 139 g/mol. The van der Waals surface area contributed by atoms with Crippen LogP contribution in [0.25, 0.3) is 0 Å². The molecule has 1 unspecified atom stereocenters. The van der Waals surface area contributed by atoms with E-state index in [1.54, 1.807) is 11.8 Å². The third kappa shape index (κ3) is 4.49. The van der Waals surface area contributed by atoms with E-state index in [-0.39, 0.29) is 0 Å². The van der Waals surface area contributed by atoms with Crippen LogP contribution in [0.15, 0.2) is 0 Å². The molecule has 0 heterocycles. The van der Waals surface area contributed by atoms with Crippen molar-refractivity contribution in [2.24, 2.45) is 0 Å². The van der Waals surface area contributed by atoms with Crippen LogP contribution in [0.2, 0.25) is 0 Å². The van der Waals surface area contributed by atoms with Gasteiger partial charge in [0.25, 0.3) is 0 Å². The number of thioether (sulfide) groups is 1. The maximum atomic E-state index is 5.73. The summed E-state index contributed by atoms with van der Waals surface area (Å²) < 4.78 is 0.338. The molecular formula is C5H11ClS. The van der Waals surface area contributed by atoms with Crippen molar-refractivity contribution in [1.82, 2.24) is 0 Å². The lowest BCUT2D eigenvalue weighted by Gasteiger charge is -1.99. The number of hydrogen-bond acceptors (Lipinski definition) is 1. The van der Waals surface area contributed by atoms with Crippen molar-refractivity contribution in [3.05, 3.63) is 0 Å². The van der Waals surface area contributed by atoms with Gasteiger partial charge in [0, 0.05) is 0 Å². The van der Waals surface area contributed by atoms with Crippen LogP contribution in [-0.2, 0) is 0 Å². The van der Waals surface area contributed by atoms with Crippen molar-refractivity contribution in [3.8, 4) is 0 Å². The van der Waals surface area contributed by atoms with Crippen molar-refractivity contribution in [1.29, 1.82) is 0 Å². The van der Waals surface area contributed by atoms with Gasteiger partial charge in [-0.3, -0.25) is 0 Å². The molecule has 0 aliphatic carbocycles. The summed E-state index contributed by atoms with van der Waals surface area (Å²) in [5.74, 6) is 1.13. The van der Waals surface area contributed by atoms with E-state index >= 15 is 0 Å². The van der Waals surface area contributed by atoms with Gasteiger partial charge in [-0.1, -0.05) is 13.8 Å². The fourth-order valence-electron chi connectivity index (χ4n) is 0.299. The highest BCUT2D eigenvalue weighted by Gasteiger charge is 1.95. The van der Waals surface area contributed by atoms with Crippen LogP contribution in [0.4, 0.5) is 0 Å². The molecule has 1 atom stereocenters. The summed E-state index contributed by atoms with van der Waals surface area (Å²) in [4.78, 5) is 0. The maximum absolute atomic E-state index is 5.73. The maximum Gasteiger partial charge on any atom is 0.0786 e. The van der Waals surface area contributed by atoms with Gasteiger partial charge in [0.15, 0.2) is 0 Å². The van der Waals surface area contributed by atoms with Crippen LogP contribution in [0, 0.1) is 0 Å². The minimum absolute atomic E-state index is 0.338. The summed E-state index contributed by atoms with van der Waals surface area (Å²) in [6.45, 7) is 4.22. The molecule has 0 aromatic carbocycles. The van der Waals surface area contributed by atoms with Crippen LogP contribution >= 0.6 is 23.4 Å². The molecule has 0 amide bonds. The molecule has 0 radical (unpaired) electrons. The summed E-state index contributed by atoms with van der Waals surface area (Å²) in [6, 6.07) is 0. The molecule has 0 rings (SSSR count). The molecule has 0 spiro atoms. The SMILES string of the molecule is CCSC(Cl)CC. The van der Waals surface area contributed by atoms with E-state index in [4.69, 9.17) is 11.6 Å². The summed E-state index contributed by atoms with van der Waals surface area (Å²) in [5.41, 5.74) is 0. The first kappa shape index (κ1) is 7.64. The van der Waals surface area contributed by atoms with E-state index < -0.39 is 0 Å². The smallest absolute Gasteiger partial charge is 0.0786 e. The summed E-state index contributed by atoms with van der Waals surface area (Å²) in [7, 11) is 0. The Kier molecular flexibility index (Phi) is 5.23. The van der Waals surface area contributed by atoms with Gasteiger partial charge in [-0.05, 0) is 12.2 Å². The van der Waals surface area contributed by atoms with E-state index in [1.807, 2.05) is 0 Å². The molecule has 0 N–H and O–H groups in total. The van der Waals surface area contributed by atoms with Crippen molar-refractivity contribution in [2.75, 3.05) is 5.75 Å². The van der Waals surface area contributed by atoms with Crippen LogP contribution in [0.5, 0.6) is 0 Å². The van der Waals surface area contributed by atoms with Gasteiger partial charge in [0.05, 0.1) is 4.71 Å². The third-order valence-corrected chi connectivity index (χ3v) is 2.38. The highest BCUT2D eigenvalue weighted by molar-refractivity contribution is 8.01. The second-order valence-electron chi connectivity index (χ2n) is 1.27. The summed E-state index contributed by atoms with van der Waals surface area (Å²) >= 11 is 7.53. The fraction of sp³-hybridized carbons (Fsp3) is 1.00. The molecule has 0 saturated heterocycles. The Hall–Kier alpha value is 0.640. The van der Waals surface area contributed by atoms with Crippen LogP contribution in [-0.4, -0.2) is 10.5 Å². The van der Waals surface area contributed by atoms with Crippen LogP contribution in [0.1, 0.15) is 20.3 Å². The highest BCUT2D eigenvalue weighted by atomic mass is 35.5. The molecule has 44 valence electrons. The van der Waals surface area contributed by atoms with Crippen LogP contribution < -0.4 is 0 Å². The minimum atomic E-state index is 0.338. The van der Waals surface area contributed by atoms with E-state index in [0.29, 0.717) is 4.71 Å². The first-order valence-electron chi connectivity index (χ1n) is 2.57. The molecular weight excluding hydrogens is 128 g/mol. The Balaban J connectivity index is 2.83. The summed E-state index contributed by atoms with van der Waals surface area (Å²) in [6.07, 6.45) is 1.07. The zero-order chi connectivity index (χ0) is 5.70. The molecule has 0 aromatic rings. The Labute approximate surface area is 54.6 Å². The lowest BCUT2D eigenvalue weighted by molar-refractivity contribution is 1.05. The Morgan fingerprint density at radius 2 is 2.14 bits per heavy atom. The predicted octanol–water partition coefficient (Wildman–Crippen LogP) is 2.71. The molecule has 0 bridgehead atoms. The zero-order valence-corrected chi connectivity index (χ0v) is 6.35. The average Bonchev–Trinajstić information content (AvgIpc) is 1.68. The molecule has 0 aliphatic heterocycles. The van der Waals surface area contributed by atoms with Crippen molar-refractivity contribution >= 4 is 23.4 Å². The molecule has 0 aliphatic rings. The highest BCUT2D eigenvalue weighted by Crippen LogP contribution is 2.16. The monoisotopic (exact) mass is 138 g/mol.